The second-order valence-electron chi connectivity index (χ2n) is 5.48. The lowest BCUT2D eigenvalue weighted by Crippen LogP contribution is -2.13. The first-order valence-electron chi connectivity index (χ1n) is 8.13. The minimum Gasteiger partial charge on any atom is -0.488 e. The minimum absolute atomic E-state index is 0.104. The van der Waals surface area contributed by atoms with Crippen LogP contribution in [0.4, 0.5) is 5.69 Å². The Labute approximate surface area is 167 Å². The number of hydrogen-bond donors (Lipinski definition) is 1. The predicted molar refractivity (Wildman–Crippen MR) is 107 cm³/mol. The van der Waals surface area contributed by atoms with E-state index in [1.54, 1.807) is 36.4 Å². The fourth-order valence-electron chi connectivity index (χ4n) is 2.19. The molecule has 0 fully saturated rings. The van der Waals surface area contributed by atoms with Crippen molar-refractivity contribution < 1.29 is 19.1 Å². The molecule has 0 atom stereocenters. The molecule has 0 aliphatic heterocycles. The topological polar surface area (TPSA) is 88.4 Å². The molecular weight excluding hydrogens is 380 g/mol. The summed E-state index contributed by atoms with van der Waals surface area (Å²) < 4.78 is 10.0. The third-order valence-corrected chi connectivity index (χ3v) is 3.85. The van der Waals surface area contributed by atoms with E-state index in [9.17, 15) is 14.9 Å². The zero-order chi connectivity index (χ0) is 20.5. The molecule has 0 unspecified atom stereocenters. The number of benzene rings is 2. The first kappa shape index (κ1) is 20.7. The number of halogens is 1. The van der Waals surface area contributed by atoms with Gasteiger partial charge < -0.3 is 14.8 Å². The van der Waals surface area contributed by atoms with Gasteiger partial charge in [0.15, 0.2) is 0 Å². The van der Waals surface area contributed by atoms with Crippen molar-refractivity contribution in [1.29, 1.82) is 5.26 Å². The molecule has 6 nitrogen and oxygen atoms in total. The number of esters is 1. The van der Waals surface area contributed by atoms with Crippen LogP contribution in [0.3, 0.4) is 0 Å². The summed E-state index contributed by atoms with van der Waals surface area (Å²) in [4.78, 5) is 23.8. The maximum absolute atomic E-state index is 12.4. The van der Waals surface area contributed by atoms with Crippen molar-refractivity contribution in [2.75, 3.05) is 19.0 Å². The number of carbonyl (C=O) groups is 2. The van der Waals surface area contributed by atoms with Crippen LogP contribution in [0.1, 0.15) is 15.9 Å². The van der Waals surface area contributed by atoms with Crippen molar-refractivity contribution in [3.63, 3.8) is 0 Å². The quantitative estimate of drug-likeness (QED) is 0.327. The first-order valence-corrected chi connectivity index (χ1v) is 8.51. The maximum Gasteiger partial charge on any atom is 0.337 e. The third kappa shape index (κ3) is 5.47. The van der Waals surface area contributed by atoms with E-state index >= 15 is 0 Å². The van der Waals surface area contributed by atoms with E-state index in [-0.39, 0.29) is 5.57 Å². The second-order valence-corrected chi connectivity index (χ2v) is 5.89. The number of methoxy groups -OCH3 is 1. The van der Waals surface area contributed by atoms with Gasteiger partial charge in [-0.1, -0.05) is 30.3 Å². The van der Waals surface area contributed by atoms with Crippen LogP contribution in [-0.2, 0) is 9.53 Å². The average Bonchev–Trinajstić information content (AvgIpc) is 2.71. The van der Waals surface area contributed by atoms with Gasteiger partial charge in [-0.25, -0.2) is 4.79 Å². The molecule has 0 spiro atoms. The van der Waals surface area contributed by atoms with Crippen LogP contribution < -0.4 is 10.1 Å². The summed E-state index contributed by atoms with van der Waals surface area (Å²) in [5.74, 6) is -0.586. The molecule has 2 aromatic rings. The van der Waals surface area contributed by atoms with Gasteiger partial charge >= 0.3 is 5.97 Å². The van der Waals surface area contributed by atoms with Gasteiger partial charge in [-0.3, -0.25) is 4.79 Å². The second kappa shape index (κ2) is 9.95. The van der Waals surface area contributed by atoms with Gasteiger partial charge in [0, 0.05) is 5.69 Å². The lowest BCUT2D eigenvalue weighted by molar-refractivity contribution is -0.112. The van der Waals surface area contributed by atoms with Crippen LogP contribution >= 0.6 is 11.6 Å². The molecule has 0 aromatic heterocycles. The smallest absolute Gasteiger partial charge is 0.337 e. The lowest BCUT2D eigenvalue weighted by atomic mass is 10.1. The van der Waals surface area contributed by atoms with Gasteiger partial charge in [0.2, 0.25) is 0 Å². The summed E-state index contributed by atoms with van der Waals surface area (Å²) in [6.07, 6.45) is 3.02. The lowest BCUT2D eigenvalue weighted by Gasteiger charge is -2.07. The Hall–Kier alpha value is -3.56. The van der Waals surface area contributed by atoms with Crippen molar-refractivity contribution in [2.45, 2.75) is 0 Å². The highest BCUT2D eigenvalue weighted by Gasteiger charge is 2.11. The Kier molecular flexibility index (Phi) is 7.37. The van der Waals surface area contributed by atoms with E-state index < -0.39 is 11.9 Å². The number of ether oxygens (including phenoxy) is 2. The molecule has 2 aromatic carbocycles. The molecule has 0 heterocycles. The van der Waals surface area contributed by atoms with Gasteiger partial charge in [0.05, 0.1) is 17.7 Å². The largest absolute Gasteiger partial charge is 0.488 e. The van der Waals surface area contributed by atoms with E-state index in [1.165, 1.54) is 25.3 Å². The van der Waals surface area contributed by atoms with Gasteiger partial charge in [-0.2, -0.15) is 5.26 Å². The zero-order valence-electron chi connectivity index (χ0n) is 15.1. The summed E-state index contributed by atoms with van der Waals surface area (Å²) in [5, 5.41) is 12.3. The fraction of sp³-hybridized carbons (Fsp3) is 0.0952. The van der Waals surface area contributed by atoms with Gasteiger partial charge in [0.25, 0.3) is 5.91 Å². The molecule has 7 heteroatoms. The molecule has 0 radical (unpaired) electrons. The van der Waals surface area contributed by atoms with Crippen LogP contribution in [-0.4, -0.2) is 25.6 Å². The monoisotopic (exact) mass is 396 g/mol. The molecule has 28 heavy (non-hydrogen) atoms. The van der Waals surface area contributed by atoms with Crippen LogP contribution in [0.25, 0.3) is 6.08 Å². The molecular formula is C21H17ClN2O4. The number of nitriles is 1. The van der Waals surface area contributed by atoms with Crippen molar-refractivity contribution in [3.05, 3.63) is 76.8 Å². The molecule has 1 N–H and O–H groups in total. The molecule has 0 saturated heterocycles. The number of anilines is 1. The fourth-order valence-corrected chi connectivity index (χ4v) is 2.44. The summed E-state index contributed by atoms with van der Waals surface area (Å²) in [5.41, 5.74) is 1.26. The third-order valence-electron chi connectivity index (χ3n) is 3.55. The van der Waals surface area contributed by atoms with E-state index in [0.717, 1.165) is 0 Å². The highest BCUT2D eigenvalue weighted by Crippen LogP contribution is 2.26. The van der Waals surface area contributed by atoms with Crippen molar-refractivity contribution in [1.82, 2.24) is 0 Å². The summed E-state index contributed by atoms with van der Waals surface area (Å²) in [6.45, 7) is 3.88. The minimum atomic E-state index is -0.587. The summed E-state index contributed by atoms with van der Waals surface area (Å²) >= 11 is 6.14. The number of rotatable bonds is 7. The zero-order valence-corrected chi connectivity index (χ0v) is 15.8. The molecule has 0 bridgehead atoms. The number of nitrogens with one attached hydrogen (secondary N) is 1. The van der Waals surface area contributed by atoms with Gasteiger partial charge in [-0.15, -0.1) is 0 Å². The van der Waals surface area contributed by atoms with E-state index in [1.807, 2.05) is 6.07 Å². The van der Waals surface area contributed by atoms with Gasteiger partial charge in [0.1, 0.15) is 24.0 Å². The maximum atomic E-state index is 12.4. The Morgan fingerprint density at radius 2 is 1.96 bits per heavy atom. The van der Waals surface area contributed by atoms with Crippen molar-refractivity contribution >= 4 is 35.2 Å². The predicted octanol–water partition coefficient (Wildman–Crippen LogP) is 4.24. The van der Waals surface area contributed by atoms with Gasteiger partial charge in [-0.05, 0) is 48.0 Å². The molecule has 2 rings (SSSR count). The first-order chi connectivity index (χ1) is 13.5. The summed E-state index contributed by atoms with van der Waals surface area (Å²) in [7, 11) is 1.28. The molecule has 0 aliphatic rings. The van der Waals surface area contributed by atoms with Crippen molar-refractivity contribution in [2.24, 2.45) is 0 Å². The average molecular weight is 397 g/mol. The molecule has 0 saturated carbocycles. The highest BCUT2D eigenvalue weighted by molar-refractivity contribution is 6.32. The normalized spacial score (nSPS) is 10.5. The number of nitrogens with zero attached hydrogens (tertiary/aromatic N) is 1. The number of amides is 1. The Morgan fingerprint density at radius 3 is 2.54 bits per heavy atom. The van der Waals surface area contributed by atoms with Crippen LogP contribution in [0, 0.1) is 11.3 Å². The molecule has 0 aliphatic carbocycles. The Morgan fingerprint density at radius 1 is 1.25 bits per heavy atom. The summed E-state index contributed by atoms with van der Waals surface area (Å²) in [6, 6.07) is 12.9. The standard InChI is InChI=1S/C21H17ClN2O4/c1-3-10-28-19-9-4-14(12-18(19)22)11-16(13-23)20(25)24-17-7-5-15(6-8-17)21(26)27-2/h3-9,11-12H,1,10H2,2H3,(H,24,25)/b16-11+. The number of hydrogen-bond acceptors (Lipinski definition) is 5. The van der Waals surface area contributed by atoms with E-state index in [0.29, 0.717) is 34.2 Å². The van der Waals surface area contributed by atoms with Crippen molar-refractivity contribution in [3.8, 4) is 11.8 Å². The van der Waals surface area contributed by atoms with Crippen LogP contribution in [0.15, 0.2) is 60.7 Å². The molecule has 1 amide bonds. The Bertz CT molecular complexity index is 959. The SMILES string of the molecule is C=CCOc1ccc(/C=C(\C#N)C(=O)Nc2ccc(C(=O)OC)cc2)cc1Cl. The van der Waals surface area contributed by atoms with Crippen LogP contribution in [0.2, 0.25) is 5.02 Å². The van der Waals surface area contributed by atoms with E-state index in [4.69, 9.17) is 16.3 Å². The highest BCUT2D eigenvalue weighted by atomic mass is 35.5. The van der Waals surface area contributed by atoms with Crippen LogP contribution in [0.5, 0.6) is 5.75 Å². The Balaban J connectivity index is 2.14. The molecule has 142 valence electrons. The number of carbonyl (C=O) groups excluding carboxylic acids is 2. The van der Waals surface area contributed by atoms with E-state index in [2.05, 4.69) is 16.6 Å².